The molecule has 5 nitrogen and oxygen atoms in total. The van der Waals surface area contributed by atoms with Crippen molar-refractivity contribution in [1.29, 1.82) is 0 Å². The summed E-state index contributed by atoms with van der Waals surface area (Å²) in [5.41, 5.74) is -0.418. The zero-order chi connectivity index (χ0) is 14.2. The van der Waals surface area contributed by atoms with E-state index < -0.39 is 21.7 Å². The van der Waals surface area contributed by atoms with Crippen LogP contribution in [0, 0.1) is 16.7 Å². The van der Waals surface area contributed by atoms with Crippen LogP contribution in [0.3, 0.4) is 0 Å². The minimum atomic E-state index is -3.64. The summed E-state index contributed by atoms with van der Waals surface area (Å²) < 4.78 is 25.6. The Morgan fingerprint density at radius 3 is 2.42 bits per heavy atom. The number of hydrogen-bond donors (Lipinski definition) is 0. The number of sulfonamides is 1. The highest BCUT2D eigenvalue weighted by atomic mass is 32.2. The van der Waals surface area contributed by atoms with Crippen LogP contribution >= 0.6 is 0 Å². The normalized spacial score (nSPS) is 41.3. The molecule has 0 N–H and O–H groups in total. The van der Waals surface area contributed by atoms with Crippen LogP contribution in [0.1, 0.15) is 40.0 Å². The molecule has 106 valence electrons. The minimum Gasteiger partial charge on any atom is -0.289 e. The third kappa shape index (κ3) is 1.33. The van der Waals surface area contributed by atoms with Crippen LogP contribution in [-0.2, 0) is 19.6 Å². The second-order valence-corrected chi connectivity index (χ2v) is 8.62. The fourth-order valence-corrected chi connectivity index (χ4v) is 7.27. The number of nitrogens with zero attached hydrogens (tertiary/aromatic N) is 1. The van der Waals surface area contributed by atoms with Crippen LogP contribution in [0.2, 0.25) is 0 Å². The van der Waals surface area contributed by atoms with E-state index in [2.05, 4.69) is 13.8 Å². The van der Waals surface area contributed by atoms with Crippen molar-refractivity contribution in [2.24, 2.45) is 16.7 Å². The van der Waals surface area contributed by atoms with Gasteiger partial charge in [-0.3, -0.25) is 9.59 Å². The first-order chi connectivity index (χ1) is 8.63. The summed E-state index contributed by atoms with van der Waals surface area (Å²) in [6.07, 6.45) is 2.59. The molecule has 0 aromatic rings. The molecule has 3 atom stereocenters. The van der Waals surface area contributed by atoms with E-state index in [4.69, 9.17) is 0 Å². The number of hydrogen-bond acceptors (Lipinski definition) is 4. The highest BCUT2D eigenvalue weighted by Crippen LogP contribution is 2.69. The third-order valence-electron chi connectivity index (χ3n) is 5.91. The highest BCUT2D eigenvalue weighted by molar-refractivity contribution is 7.90. The number of ketones is 1. The largest absolute Gasteiger partial charge is 0.303 e. The Morgan fingerprint density at radius 2 is 1.89 bits per heavy atom. The van der Waals surface area contributed by atoms with Crippen molar-refractivity contribution in [3.8, 4) is 0 Å². The van der Waals surface area contributed by atoms with E-state index in [1.165, 1.54) is 0 Å². The van der Waals surface area contributed by atoms with Crippen molar-refractivity contribution in [3.05, 3.63) is 0 Å². The van der Waals surface area contributed by atoms with Gasteiger partial charge in [0.25, 0.3) is 0 Å². The fourth-order valence-electron chi connectivity index (χ4n) is 4.71. The predicted molar refractivity (Wildman–Crippen MR) is 68.7 cm³/mol. The van der Waals surface area contributed by atoms with E-state index >= 15 is 0 Å². The van der Waals surface area contributed by atoms with Crippen LogP contribution < -0.4 is 0 Å². The monoisotopic (exact) mass is 285 g/mol. The van der Waals surface area contributed by atoms with E-state index in [0.717, 1.165) is 24.1 Å². The van der Waals surface area contributed by atoms with Gasteiger partial charge in [0.05, 0.1) is 11.8 Å². The molecule has 6 heteroatoms. The summed E-state index contributed by atoms with van der Waals surface area (Å²) in [5.74, 6) is -1.07. The second-order valence-electron chi connectivity index (χ2n) is 6.78. The molecule has 0 unspecified atom stereocenters. The standard InChI is InChI=1S/C13H19NO4S/c1-8(15)11(16)14-10-6-9-4-5-13(10,12(9,2)3)7-19(14,17)18/h9-10H,4-7H2,1-3H3/t9-,10-,13-/m1/s1. The van der Waals surface area contributed by atoms with Crippen LogP contribution in [0.25, 0.3) is 0 Å². The van der Waals surface area contributed by atoms with Gasteiger partial charge in [-0.2, -0.15) is 0 Å². The molecule has 2 saturated carbocycles. The Balaban J connectivity index is 2.12. The molecule has 3 fully saturated rings. The molecule has 19 heavy (non-hydrogen) atoms. The van der Waals surface area contributed by atoms with Gasteiger partial charge < -0.3 is 0 Å². The number of Topliss-reactive ketones (excluding diaryl/α,β-unsaturated/α-hetero) is 1. The molecule has 1 saturated heterocycles. The first-order valence-electron chi connectivity index (χ1n) is 6.70. The summed E-state index contributed by atoms with van der Waals surface area (Å²) in [6, 6.07) is -0.303. The molecule has 1 spiro atoms. The van der Waals surface area contributed by atoms with Gasteiger partial charge in [0.1, 0.15) is 0 Å². The molecule has 0 radical (unpaired) electrons. The van der Waals surface area contributed by atoms with Crippen molar-refractivity contribution in [2.45, 2.75) is 46.1 Å². The van der Waals surface area contributed by atoms with Crippen molar-refractivity contribution < 1.29 is 18.0 Å². The lowest BCUT2D eigenvalue weighted by molar-refractivity contribution is -0.142. The van der Waals surface area contributed by atoms with Crippen molar-refractivity contribution in [2.75, 3.05) is 5.75 Å². The highest BCUT2D eigenvalue weighted by Gasteiger charge is 2.72. The lowest BCUT2D eigenvalue weighted by atomic mass is 9.69. The first kappa shape index (κ1) is 13.1. The topological polar surface area (TPSA) is 71.5 Å². The lowest BCUT2D eigenvalue weighted by Gasteiger charge is -2.36. The van der Waals surface area contributed by atoms with Crippen molar-refractivity contribution >= 4 is 21.7 Å². The van der Waals surface area contributed by atoms with Gasteiger partial charge in [-0.1, -0.05) is 13.8 Å². The number of carbonyl (C=O) groups is 2. The maximum Gasteiger partial charge on any atom is 0.303 e. The minimum absolute atomic E-state index is 0.0210. The summed E-state index contributed by atoms with van der Waals surface area (Å²) in [4.78, 5) is 23.3. The van der Waals surface area contributed by atoms with Crippen molar-refractivity contribution in [1.82, 2.24) is 4.31 Å². The van der Waals surface area contributed by atoms with Gasteiger partial charge in [-0.05, 0) is 30.6 Å². The summed E-state index contributed by atoms with van der Waals surface area (Å²) >= 11 is 0. The lowest BCUT2D eigenvalue weighted by Crippen LogP contribution is -2.46. The Bertz CT molecular complexity index is 579. The van der Waals surface area contributed by atoms with E-state index in [0.29, 0.717) is 12.3 Å². The zero-order valence-corrected chi connectivity index (χ0v) is 12.3. The second kappa shape index (κ2) is 3.40. The zero-order valence-electron chi connectivity index (χ0n) is 11.5. The van der Waals surface area contributed by atoms with Gasteiger partial charge in [0, 0.05) is 12.3 Å². The molecule has 2 bridgehead atoms. The number of carbonyl (C=O) groups excluding carboxylic acids is 2. The van der Waals surface area contributed by atoms with E-state index in [1.807, 2.05) is 0 Å². The molecular weight excluding hydrogens is 266 g/mol. The van der Waals surface area contributed by atoms with Crippen LogP contribution in [0.4, 0.5) is 0 Å². The number of fused-ring (bicyclic) bond motifs is 1. The van der Waals surface area contributed by atoms with Gasteiger partial charge in [-0.25, -0.2) is 12.7 Å². The van der Waals surface area contributed by atoms with Crippen LogP contribution in [0.5, 0.6) is 0 Å². The smallest absolute Gasteiger partial charge is 0.289 e. The Labute approximate surface area is 113 Å². The average molecular weight is 285 g/mol. The fraction of sp³-hybridized carbons (Fsp3) is 0.846. The van der Waals surface area contributed by atoms with Crippen molar-refractivity contribution in [3.63, 3.8) is 0 Å². The molecule has 0 aromatic carbocycles. The number of amides is 1. The summed E-state index contributed by atoms with van der Waals surface area (Å²) in [5, 5.41) is 0. The van der Waals surface area contributed by atoms with Gasteiger partial charge in [0.2, 0.25) is 15.8 Å². The molecular formula is C13H19NO4S. The van der Waals surface area contributed by atoms with Crippen LogP contribution in [0.15, 0.2) is 0 Å². The molecule has 1 aliphatic heterocycles. The summed E-state index contributed by atoms with van der Waals surface area (Å²) in [7, 11) is -3.64. The molecule has 3 aliphatic rings. The quantitative estimate of drug-likeness (QED) is 0.672. The summed E-state index contributed by atoms with van der Waals surface area (Å²) in [6.45, 7) is 5.37. The average Bonchev–Trinajstić information content (AvgIpc) is 2.74. The number of rotatable bonds is 1. The Kier molecular flexibility index (Phi) is 2.34. The van der Waals surface area contributed by atoms with Gasteiger partial charge in [-0.15, -0.1) is 0 Å². The molecule has 1 heterocycles. The molecule has 1 amide bonds. The van der Waals surface area contributed by atoms with Gasteiger partial charge >= 0.3 is 5.91 Å². The van der Waals surface area contributed by atoms with Gasteiger partial charge in [0.15, 0.2) is 0 Å². The van der Waals surface area contributed by atoms with E-state index in [9.17, 15) is 18.0 Å². The van der Waals surface area contributed by atoms with E-state index in [-0.39, 0.29) is 22.6 Å². The molecule has 3 rings (SSSR count). The van der Waals surface area contributed by atoms with Crippen LogP contribution in [-0.4, -0.2) is 36.2 Å². The molecule has 2 aliphatic carbocycles. The van der Waals surface area contributed by atoms with E-state index in [1.54, 1.807) is 0 Å². The first-order valence-corrected chi connectivity index (χ1v) is 8.31. The maximum absolute atomic E-state index is 12.3. The maximum atomic E-state index is 12.3. The predicted octanol–water partition coefficient (Wildman–Crippen LogP) is 0.942. The Morgan fingerprint density at radius 1 is 1.26 bits per heavy atom. The Hall–Kier alpha value is -0.910. The third-order valence-corrected chi connectivity index (χ3v) is 7.81. The molecule has 0 aromatic heterocycles. The SMILES string of the molecule is CC(=O)C(=O)N1[C@@H]2C[C@H]3CC[C@]2(CS1(=O)=O)C3(C)C.